The first-order valence-electron chi connectivity index (χ1n) is 6.78. The van der Waals surface area contributed by atoms with Gasteiger partial charge >= 0.3 is 0 Å². The highest BCUT2D eigenvalue weighted by molar-refractivity contribution is 5.50. The van der Waals surface area contributed by atoms with Crippen LogP contribution in [0.25, 0.3) is 0 Å². The van der Waals surface area contributed by atoms with Crippen LogP contribution in [0.3, 0.4) is 0 Å². The molecule has 3 heteroatoms. The Morgan fingerprint density at radius 2 is 1.67 bits per heavy atom. The molecule has 0 aliphatic carbocycles. The fourth-order valence-corrected chi connectivity index (χ4v) is 1.66. The van der Waals surface area contributed by atoms with Crippen molar-refractivity contribution < 1.29 is 9.47 Å². The van der Waals surface area contributed by atoms with Crippen LogP contribution in [0.2, 0.25) is 0 Å². The Morgan fingerprint density at radius 3 is 2.22 bits per heavy atom. The van der Waals surface area contributed by atoms with Gasteiger partial charge in [-0.25, -0.2) is 0 Å². The van der Waals surface area contributed by atoms with E-state index in [2.05, 4.69) is 20.8 Å². The van der Waals surface area contributed by atoms with Gasteiger partial charge in [0.1, 0.15) is 11.5 Å². The molecule has 1 aromatic rings. The van der Waals surface area contributed by atoms with Gasteiger partial charge in [-0.1, -0.05) is 20.8 Å². The number of benzene rings is 1. The molecule has 0 saturated carbocycles. The van der Waals surface area contributed by atoms with Crippen molar-refractivity contribution in [1.29, 1.82) is 0 Å². The molecule has 0 amide bonds. The van der Waals surface area contributed by atoms with E-state index >= 15 is 0 Å². The van der Waals surface area contributed by atoms with E-state index in [0.717, 1.165) is 36.9 Å². The summed E-state index contributed by atoms with van der Waals surface area (Å²) in [6.07, 6.45) is 3.23. The van der Waals surface area contributed by atoms with Crippen molar-refractivity contribution in [2.45, 2.75) is 40.0 Å². The van der Waals surface area contributed by atoms with E-state index in [4.69, 9.17) is 15.2 Å². The molecule has 1 rings (SSSR count). The lowest BCUT2D eigenvalue weighted by Crippen LogP contribution is -2.01. The first-order valence-corrected chi connectivity index (χ1v) is 6.78. The maximum absolute atomic E-state index is 5.82. The van der Waals surface area contributed by atoms with Gasteiger partial charge in [0.05, 0.1) is 13.2 Å². The molecule has 0 heterocycles. The largest absolute Gasteiger partial charge is 0.493 e. The van der Waals surface area contributed by atoms with Crippen molar-refractivity contribution in [2.75, 3.05) is 18.9 Å². The van der Waals surface area contributed by atoms with Gasteiger partial charge in [-0.2, -0.15) is 0 Å². The summed E-state index contributed by atoms with van der Waals surface area (Å²) in [6.45, 7) is 7.95. The second-order valence-corrected chi connectivity index (χ2v) is 4.97. The topological polar surface area (TPSA) is 44.5 Å². The first kappa shape index (κ1) is 14.7. The smallest absolute Gasteiger partial charge is 0.125 e. The van der Waals surface area contributed by atoms with Crippen molar-refractivity contribution in [3.05, 3.63) is 18.2 Å². The summed E-state index contributed by atoms with van der Waals surface area (Å²) < 4.78 is 11.3. The Kier molecular flexibility index (Phi) is 6.40. The van der Waals surface area contributed by atoms with Crippen molar-refractivity contribution >= 4 is 5.69 Å². The molecule has 18 heavy (non-hydrogen) atoms. The molecule has 0 radical (unpaired) electrons. The van der Waals surface area contributed by atoms with Gasteiger partial charge in [-0.05, 0) is 25.2 Å². The molecule has 0 bridgehead atoms. The zero-order chi connectivity index (χ0) is 13.4. The molecular weight excluding hydrogens is 226 g/mol. The van der Waals surface area contributed by atoms with E-state index in [0.29, 0.717) is 12.3 Å². The van der Waals surface area contributed by atoms with Gasteiger partial charge in [0.15, 0.2) is 0 Å². The standard InChI is InChI=1S/C15H25NO2/c1-4-7-17-14-9-13(16)10-15(11-14)18-8-5-6-12(2)3/h9-12H,4-8,16H2,1-3H3. The Bertz CT molecular complexity index is 350. The predicted molar refractivity (Wildman–Crippen MR) is 76.2 cm³/mol. The van der Waals surface area contributed by atoms with Crippen LogP contribution in [0, 0.1) is 5.92 Å². The van der Waals surface area contributed by atoms with Crippen LogP contribution in [-0.2, 0) is 0 Å². The molecule has 0 spiro atoms. The Hall–Kier alpha value is -1.38. The summed E-state index contributed by atoms with van der Waals surface area (Å²) in [5, 5.41) is 0. The van der Waals surface area contributed by atoms with Crippen LogP contribution < -0.4 is 15.2 Å². The van der Waals surface area contributed by atoms with Gasteiger partial charge in [0, 0.05) is 23.9 Å². The highest BCUT2D eigenvalue weighted by atomic mass is 16.5. The summed E-state index contributed by atoms with van der Waals surface area (Å²) in [7, 11) is 0. The molecule has 0 aromatic heterocycles. The van der Waals surface area contributed by atoms with Crippen LogP contribution in [0.5, 0.6) is 11.5 Å². The first-order chi connectivity index (χ1) is 8.61. The van der Waals surface area contributed by atoms with Crippen LogP contribution in [0.4, 0.5) is 5.69 Å². The van der Waals surface area contributed by atoms with Crippen LogP contribution in [0.1, 0.15) is 40.0 Å². The van der Waals surface area contributed by atoms with E-state index in [-0.39, 0.29) is 0 Å². The van der Waals surface area contributed by atoms with Gasteiger partial charge in [0.25, 0.3) is 0 Å². The van der Waals surface area contributed by atoms with E-state index in [1.54, 1.807) is 0 Å². The fraction of sp³-hybridized carbons (Fsp3) is 0.600. The molecule has 0 aliphatic heterocycles. The average molecular weight is 251 g/mol. The van der Waals surface area contributed by atoms with Crippen molar-refractivity contribution in [1.82, 2.24) is 0 Å². The highest BCUT2D eigenvalue weighted by Crippen LogP contribution is 2.24. The molecule has 0 saturated heterocycles. The van der Waals surface area contributed by atoms with E-state index in [1.165, 1.54) is 6.42 Å². The number of ether oxygens (including phenoxy) is 2. The molecule has 0 unspecified atom stereocenters. The number of anilines is 1. The highest BCUT2D eigenvalue weighted by Gasteiger charge is 2.02. The minimum Gasteiger partial charge on any atom is -0.493 e. The monoisotopic (exact) mass is 251 g/mol. The fourth-order valence-electron chi connectivity index (χ4n) is 1.66. The van der Waals surface area contributed by atoms with Crippen LogP contribution in [-0.4, -0.2) is 13.2 Å². The van der Waals surface area contributed by atoms with Crippen molar-refractivity contribution in [3.8, 4) is 11.5 Å². The lowest BCUT2D eigenvalue weighted by Gasteiger charge is -2.11. The summed E-state index contributed by atoms with van der Waals surface area (Å²) in [4.78, 5) is 0. The minimum absolute atomic E-state index is 0.683. The third-order valence-electron chi connectivity index (χ3n) is 2.57. The van der Waals surface area contributed by atoms with Crippen molar-refractivity contribution in [2.24, 2.45) is 5.92 Å². The average Bonchev–Trinajstić information content (AvgIpc) is 2.31. The molecule has 102 valence electrons. The number of nitrogens with two attached hydrogens (primary N) is 1. The summed E-state index contributed by atoms with van der Waals surface area (Å²) in [6, 6.07) is 5.58. The third-order valence-corrected chi connectivity index (χ3v) is 2.57. The molecule has 1 aromatic carbocycles. The molecule has 3 nitrogen and oxygen atoms in total. The molecule has 0 fully saturated rings. The second-order valence-electron chi connectivity index (χ2n) is 4.97. The Balaban J connectivity index is 2.46. The zero-order valence-electron chi connectivity index (χ0n) is 11.7. The van der Waals surface area contributed by atoms with E-state index in [9.17, 15) is 0 Å². The van der Waals surface area contributed by atoms with E-state index in [1.807, 2.05) is 18.2 Å². The minimum atomic E-state index is 0.683. The quantitative estimate of drug-likeness (QED) is 0.563. The van der Waals surface area contributed by atoms with Gasteiger partial charge < -0.3 is 15.2 Å². The molecule has 0 aliphatic rings. The maximum atomic E-state index is 5.82. The predicted octanol–water partition coefficient (Wildman–Crippen LogP) is 3.87. The van der Waals surface area contributed by atoms with Gasteiger partial charge in [-0.3, -0.25) is 0 Å². The number of hydrogen-bond acceptors (Lipinski definition) is 3. The number of nitrogen functional groups attached to an aromatic ring is 1. The summed E-state index contributed by atoms with van der Waals surface area (Å²) in [5.41, 5.74) is 6.51. The van der Waals surface area contributed by atoms with Gasteiger partial charge in [0.2, 0.25) is 0 Å². The van der Waals surface area contributed by atoms with Gasteiger partial charge in [-0.15, -0.1) is 0 Å². The zero-order valence-corrected chi connectivity index (χ0v) is 11.7. The maximum Gasteiger partial charge on any atom is 0.125 e. The normalized spacial score (nSPS) is 10.7. The molecule has 0 atom stereocenters. The number of hydrogen-bond donors (Lipinski definition) is 1. The summed E-state index contributed by atoms with van der Waals surface area (Å²) in [5.74, 6) is 2.30. The SMILES string of the molecule is CCCOc1cc(N)cc(OCCCC(C)C)c1. The Labute approximate surface area is 110 Å². The number of rotatable bonds is 8. The van der Waals surface area contributed by atoms with E-state index < -0.39 is 0 Å². The van der Waals surface area contributed by atoms with Crippen molar-refractivity contribution in [3.63, 3.8) is 0 Å². The third kappa shape index (κ3) is 5.80. The second kappa shape index (κ2) is 7.85. The molecular formula is C15H25NO2. The lowest BCUT2D eigenvalue weighted by molar-refractivity contribution is 0.290. The Morgan fingerprint density at radius 1 is 1.06 bits per heavy atom. The van der Waals surface area contributed by atoms with Crippen LogP contribution in [0.15, 0.2) is 18.2 Å². The summed E-state index contributed by atoms with van der Waals surface area (Å²) >= 11 is 0. The molecule has 2 N–H and O–H groups in total. The lowest BCUT2D eigenvalue weighted by atomic mass is 10.1. The van der Waals surface area contributed by atoms with Crippen LogP contribution >= 0.6 is 0 Å².